The number of carbonyl (C=O) groups excluding carboxylic acids is 1. The highest BCUT2D eigenvalue weighted by molar-refractivity contribution is 6.31. The Kier molecular flexibility index (Phi) is 4.78. The Morgan fingerprint density at radius 3 is 2.88 bits per heavy atom. The summed E-state index contributed by atoms with van der Waals surface area (Å²) < 4.78 is 3.52. The third kappa shape index (κ3) is 3.54. The summed E-state index contributed by atoms with van der Waals surface area (Å²) in [7, 11) is 1.79. The molecule has 4 N–H and O–H groups in total. The number of nitrogens with one attached hydrogen (secondary N) is 2. The number of nitrogens with zero attached hydrogens (tertiary/aromatic N) is 6. The van der Waals surface area contributed by atoms with Crippen molar-refractivity contribution < 1.29 is 4.79 Å². The van der Waals surface area contributed by atoms with E-state index in [0.717, 1.165) is 22.2 Å². The van der Waals surface area contributed by atoms with E-state index >= 15 is 0 Å². The molecule has 1 amide bonds. The van der Waals surface area contributed by atoms with E-state index in [2.05, 4.69) is 30.4 Å². The van der Waals surface area contributed by atoms with Crippen molar-refractivity contribution in [1.29, 1.82) is 0 Å². The molecule has 0 aliphatic carbocycles. The van der Waals surface area contributed by atoms with Crippen molar-refractivity contribution >= 4 is 45.4 Å². The molecular formula is C21H20ClN9O. The number of hydrogen-bond donors (Lipinski definition) is 3. The van der Waals surface area contributed by atoms with E-state index in [1.54, 1.807) is 24.3 Å². The lowest BCUT2D eigenvalue weighted by molar-refractivity contribution is 0.0950. The van der Waals surface area contributed by atoms with Gasteiger partial charge in [0.2, 0.25) is 0 Å². The number of fused-ring (bicyclic) bond motifs is 2. The second-order valence-corrected chi connectivity index (χ2v) is 8.05. The molecule has 0 aliphatic rings. The number of nitrogen functional groups attached to an aromatic ring is 1. The number of aryl methyl sites for hydroxylation is 2. The lowest BCUT2D eigenvalue weighted by atomic mass is 10.1. The average molecular weight is 450 g/mol. The highest BCUT2D eigenvalue weighted by Gasteiger charge is 2.15. The van der Waals surface area contributed by atoms with Gasteiger partial charge in [-0.05, 0) is 30.7 Å². The Bertz CT molecular complexity index is 1480. The van der Waals surface area contributed by atoms with Crippen molar-refractivity contribution in [3.8, 4) is 0 Å². The van der Waals surface area contributed by atoms with E-state index in [0.29, 0.717) is 46.4 Å². The van der Waals surface area contributed by atoms with Crippen molar-refractivity contribution in [3.63, 3.8) is 0 Å². The lowest BCUT2D eigenvalue weighted by Crippen LogP contribution is -2.23. The minimum Gasteiger partial charge on any atom is -0.382 e. The molecule has 0 radical (unpaired) electrons. The molecule has 0 saturated heterocycles. The zero-order valence-electron chi connectivity index (χ0n) is 17.4. The van der Waals surface area contributed by atoms with Crippen LogP contribution in [0.5, 0.6) is 0 Å². The Labute approximate surface area is 187 Å². The molecule has 0 saturated carbocycles. The number of H-pyrrole nitrogens is 1. The lowest BCUT2D eigenvalue weighted by Gasteiger charge is -2.07. The van der Waals surface area contributed by atoms with Gasteiger partial charge in [0.25, 0.3) is 5.91 Å². The summed E-state index contributed by atoms with van der Waals surface area (Å²) in [6.45, 7) is 2.65. The molecule has 0 fully saturated rings. The Balaban J connectivity index is 1.43. The van der Waals surface area contributed by atoms with E-state index in [1.165, 1.54) is 6.33 Å². The van der Waals surface area contributed by atoms with Gasteiger partial charge in [0, 0.05) is 29.3 Å². The number of carbonyl (C=O) groups is 1. The van der Waals surface area contributed by atoms with Crippen LogP contribution in [-0.2, 0) is 20.1 Å². The van der Waals surface area contributed by atoms with E-state index in [-0.39, 0.29) is 5.91 Å². The van der Waals surface area contributed by atoms with E-state index < -0.39 is 0 Å². The number of aromatic amines is 1. The predicted octanol–water partition coefficient (Wildman–Crippen LogP) is 2.56. The van der Waals surface area contributed by atoms with Crippen molar-refractivity contribution in [2.24, 2.45) is 7.05 Å². The van der Waals surface area contributed by atoms with Gasteiger partial charge in [0.15, 0.2) is 11.5 Å². The first kappa shape index (κ1) is 20.0. The van der Waals surface area contributed by atoms with Crippen LogP contribution in [0.2, 0.25) is 5.02 Å². The van der Waals surface area contributed by atoms with Crippen LogP contribution in [0.3, 0.4) is 0 Å². The molecule has 0 aliphatic heterocycles. The molecule has 10 nitrogen and oxygen atoms in total. The first-order valence-corrected chi connectivity index (χ1v) is 10.3. The summed E-state index contributed by atoms with van der Waals surface area (Å²) in [6, 6.07) is 5.77. The minimum absolute atomic E-state index is 0.172. The van der Waals surface area contributed by atoms with Crippen molar-refractivity contribution in [2.45, 2.75) is 20.0 Å². The van der Waals surface area contributed by atoms with Gasteiger partial charge in [-0.25, -0.2) is 15.0 Å². The van der Waals surface area contributed by atoms with E-state index in [9.17, 15) is 4.79 Å². The fourth-order valence-electron chi connectivity index (χ4n) is 3.85. The Morgan fingerprint density at radius 1 is 1.25 bits per heavy atom. The molecular weight excluding hydrogens is 430 g/mol. The number of imidazole rings is 1. The number of benzene rings is 1. The maximum Gasteiger partial charge on any atom is 0.255 e. The SMILES string of the molecule is Cc1nn(C)cc1C(=O)NCc1cc2cc(Cl)cc(Cn3cnc4c(N)ncnc43)c2[nH]1. The Morgan fingerprint density at radius 2 is 2.09 bits per heavy atom. The first-order valence-electron chi connectivity index (χ1n) is 9.89. The maximum absolute atomic E-state index is 12.5. The fraction of sp³-hybridized carbons (Fsp3) is 0.190. The van der Waals surface area contributed by atoms with Gasteiger partial charge in [-0.2, -0.15) is 5.10 Å². The van der Waals surface area contributed by atoms with Gasteiger partial charge in [0.1, 0.15) is 11.8 Å². The highest BCUT2D eigenvalue weighted by atomic mass is 35.5. The molecule has 0 spiro atoms. The summed E-state index contributed by atoms with van der Waals surface area (Å²) in [6.07, 6.45) is 4.81. The maximum atomic E-state index is 12.5. The summed E-state index contributed by atoms with van der Waals surface area (Å²) in [5.41, 5.74) is 11.1. The van der Waals surface area contributed by atoms with Crippen molar-refractivity contribution in [2.75, 3.05) is 5.73 Å². The molecule has 0 bridgehead atoms. The number of anilines is 1. The molecule has 5 rings (SSSR count). The molecule has 162 valence electrons. The van der Waals surface area contributed by atoms with Gasteiger partial charge in [-0.3, -0.25) is 9.48 Å². The van der Waals surface area contributed by atoms with Crippen molar-refractivity contribution in [3.05, 3.63) is 64.6 Å². The molecule has 32 heavy (non-hydrogen) atoms. The normalized spacial score (nSPS) is 11.5. The third-order valence-electron chi connectivity index (χ3n) is 5.30. The van der Waals surface area contributed by atoms with Gasteiger partial charge >= 0.3 is 0 Å². The second kappa shape index (κ2) is 7.65. The summed E-state index contributed by atoms with van der Waals surface area (Å²) in [5, 5.41) is 8.72. The van der Waals surface area contributed by atoms with Crippen LogP contribution >= 0.6 is 11.6 Å². The number of hydrogen-bond acceptors (Lipinski definition) is 6. The number of nitrogens with two attached hydrogens (primary N) is 1. The van der Waals surface area contributed by atoms with Crippen LogP contribution in [0.1, 0.15) is 27.3 Å². The highest BCUT2D eigenvalue weighted by Crippen LogP contribution is 2.26. The molecule has 5 aromatic rings. The topological polar surface area (TPSA) is 132 Å². The van der Waals surface area contributed by atoms with Crippen molar-refractivity contribution in [1.82, 2.24) is 39.6 Å². The molecule has 0 unspecified atom stereocenters. The summed E-state index contributed by atoms with van der Waals surface area (Å²) in [5.74, 6) is 0.168. The van der Waals surface area contributed by atoms with Crippen LogP contribution in [-0.4, -0.2) is 40.2 Å². The summed E-state index contributed by atoms with van der Waals surface area (Å²) >= 11 is 6.38. The third-order valence-corrected chi connectivity index (χ3v) is 5.52. The number of aromatic nitrogens is 7. The standard InChI is InChI=1S/C21H20ClN9O/c1-11-16(8-30(2)29-11)21(32)24-6-15-5-12-3-14(22)4-13(17(12)28-15)7-31-10-27-18-19(23)25-9-26-20(18)31/h3-5,8-10,28H,6-7H2,1-2H3,(H,24,32)(H2,23,25,26). The van der Waals surface area contributed by atoms with E-state index in [1.807, 2.05) is 29.7 Å². The van der Waals surface area contributed by atoms with Gasteiger partial charge in [-0.15, -0.1) is 0 Å². The number of halogens is 1. The largest absolute Gasteiger partial charge is 0.382 e. The quantitative estimate of drug-likeness (QED) is 0.377. The molecule has 1 aromatic carbocycles. The van der Waals surface area contributed by atoms with E-state index in [4.69, 9.17) is 17.3 Å². The van der Waals surface area contributed by atoms with Crippen LogP contribution in [0.15, 0.2) is 37.1 Å². The Hall–Kier alpha value is -3.92. The van der Waals surface area contributed by atoms with Crippen LogP contribution in [0.4, 0.5) is 5.82 Å². The molecule has 11 heteroatoms. The molecule has 4 heterocycles. The molecule has 4 aromatic heterocycles. The average Bonchev–Trinajstić information content (AvgIpc) is 3.43. The monoisotopic (exact) mass is 449 g/mol. The van der Waals surface area contributed by atoms with Gasteiger partial charge in [-0.1, -0.05) is 11.6 Å². The van der Waals surface area contributed by atoms with Crippen LogP contribution < -0.4 is 11.1 Å². The summed E-state index contributed by atoms with van der Waals surface area (Å²) in [4.78, 5) is 28.5. The van der Waals surface area contributed by atoms with Crippen LogP contribution in [0, 0.1) is 6.92 Å². The number of rotatable bonds is 5. The smallest absolute Gasteiger partial charge is 0.255 e. The van der Waals surface area contributed by atoms with Gasteiger partial charge in [0.05, 0.1) is 36.2 Å². The minimum atomic E-state index is -0.172. The zero-order valence-corrected chi connectivity index (χ0v) is 18.2. The first-order chi connectivity index (χ1) is 15.4. The second-order valence-electron chi connectivity index (χ2n) is 7.61. The molecule has 0 atom stereocenters. The number of amides is 1. The van der Waals surface area contributed by atoms with Crippen LogP contribution in [0.25, 0.3) is 22.1 Å². The fourth-order valence-corrected chi connectivity index (χ4v) is 4.10. The predicted molar refractivity (Wildman–Crippen MR) is 121 cm³/mol. The zero-order chi connectivity index (χ0) is 22.4. The van der Waals surface area contributed by atoms with Gasteiger partial charge < -0.3 is 20.6 Å².